The van der Waals surface area contributed by atoms with Crippen LogP contribution in [0, 0.1) is 0 Å². The number of methoxy groups -OCH3 is 1. The van der Waals surface area contributed by atoms with Crippen LogP contribution in [0.15, 0.2) is 48.0 Å². The second kappa shape index (κ2) is 6.03. The zero-order valence-corrected chi connectivity index (χ0v) is 12.1. The topological polar surface area (TPSA) is 34.1 Å². The molecule has 0 atom stereocenters. The van der Waals surface area contributed by atoms with Crippen molar-refractivity contribution in [1.29, 1.82) is 0 Å². The molecule has 3 aromatic rings. The first-order valence-electron chi connectivity index (χ1n) is 6.52. The van der Waals surface area contributed by atoms with Crippen molar-refractivity contribution in [2.75, 3.05) is 7.11 Å². The zero-order chi connectivity index (χ0) is 13.8. The highest BCUT2D eigenvalue weighted by Crippen LogP contribution is 2.27. The molecule has 1 N–H and O–H groups in total. The predicted molar refractivity (Wildman–Crippen MR) is 83.2 cm³/mol. The van der Waals surface area contributed by atoms with Crippen LogP contribution < -0.4 is 10.1 Å². The molecule has 3 nitrogen and oxygen atoms in total. The van der Waals surface area contributed by atoms with Gasteiger partial charge in [0.2, 0.25) is 0 Å². The Morgan fingerprint density at radius 2 is 2.05 bits per heavy atom. The van der Waals surface area contributed by atoms with Gasteiger partial charge in [0.1, 0.15) is 10.8 Å². The number of benzene rings is 2. The number of rotatable bonds is 5. The summed E-state index contributed by atoms with van der Waals surface area (Å²) in [5, 5.41) is 9.01. The van der Waals surface area contributed by atoms with Crippen molar-refractivity contribution >= 4 is 22.1 Å². The average molecular weight is 284 g/mol. The van der Waals surface area contributed by atoms with Gasteiger partial charge in [-0.2, -0.15) is 0 Å². The third-order valence-corrected chi connectivity index (χ3v) is 4.06. The molecule has 0 fully saturated rings. The fourth-order valence-corrected chi connectivity index (χ4v) is 2.91. The third kappa shape index (κ3) is 2.66. The van der Waals surface area contributed by atoms with E-state index in [4.69, 9.17) is 4.74 Å². The number of nitrogens with zero attached hydrogens (tertiary/aromatic N) is 1. The summed E-state index contributed by atoms with van der Waals surface area (Å²) in [7, 11) is 1.72. The molecule has 20 heavy (non-hydrogen) atoms. The first-order chi connectivity index (χ1) is 9.88. The number of thiazole rings is 1. The van der Waals surface area contributed by atoms with Crippen molar-refractivity contribution in [1.82, 2.24) is 10.3 Å². The summed E-state index contributed by atoms with van der Waals surface area (Å²) in [6.45, 7) is 1.55. The summed E-state index contributed by atoms with van der Waals surface area (Å²) in [5.41, 5.74) is 1.20. The van der Waals surface area contributed by atoms with Gasteiger partial charge < -0.3 is 10.1 Å². The van der Waals surface area contributed by atoms with Gasteiger partial charge in [0.25, 0.3) is 0 Å². The minimum Gasteiger partial charge on any atom is -0.496 e. The van der Waals surface area contributed by atoms with E-state index in [1.54, 1.807) is 18.4 Å². The number of hydrogen-bond donors (Lipinski definition) is 1. The predicted octanol–water partition coefficient (Wildman–Crippen LogP) is 3.59. The second-order valence-corrected chi connectivity index (χ2v) is 5.48. The van der Waals surface area contributed by atoms with Crippen molar-refractivity contribution in [2.24, 2.45) is 0 Å². The summed E-state index contributed by atoms with van der Waals surface area (Å²) in [5.74, 6) is 0.926. The van der Waals surface area contributed by atoms with Gasteiger partial charge in [0.05, 0.1) is 7.11 Å². The van der Waals surface area contributed by atoms with Crippen molar-refractivity contribution in [3.63, 3.8) is 0 Å². The molecular weight excluding hydrogens is 268 g/mol. The van der Waals surface area contributed by atoms with E-state index in [0.29, 0.717) is 0 Å². The lowest BCUT2D eigenvalue weighted by atomic mass is 10.0. The van der Waals surface area contributed by atoms with E-state index >= 15 is 0 Å². The maximum Gasteiger partial charge on any atom is 0.123 e. The number of aromatic nitrogens is 1. The molecule has 0 radical (unpaired) electrons. The van der Waals surface area contributed by atoms with Gasteiger partial charge in [-0.05, 0) is 16.8 Å². The Hall–Kier alpha value is -1.91. The minimum absolute atomic E-state index is 0.768. The molecule has 102 valence electrons. The van der Waals surface area contributed by atoms with E-state index < -0.39 is 0 Å². The van der Waals surface area contributed by atoms with Crippen LogP contribution in [0.4, 0.5) is 0 Å². The molecule has 0 spiro atoms. The summed E-state index contributed by atoms with van der Waals surface area (Å²) in [4.78, 5) is 4.28. The average Bonchev–Trinajstić information content (AvgIpc) is 3.00. The molecule has 4 heteroatoms. The van der Waals surface area contributed by atoms with Crippen molar-refractivity contribution in [3.05, 3.63) is 58.5 Å². The molecule has 0 saturated carbocycles. The summed E-state index contributed by atoms with van der Waals surface area (Å²) in [6.07, 6.45) is 1.83. The number of nitrogens with one attached hydrogen (secondary N) is 1. The Bertz CT molecular complexity index is 695. The molecule has 3 rings (SSSR count). The van der Waals surface area contributed by atoms with Gasteiger partial charge in [0, 0.05) is 30.2 Å². The highest BCUT2D eigenvalue weighted by Gasteiger charge is 2.07. The van der Waals surface area contributed by atoms with Gasteiger partial charge in [-0.25, -0.2) is 4.98 Å². The Labute approximate surface area is 122 Å². The lowest BCUT2D eigenvalue weighted by molar-refractivity contribution is 0.408. The Morgan fingerprint density at radius 3 is 2.85 bits per heavy atom. The van der Waals surface area contributed by atoms with Crippen molar-refractivity contribution in [3.8, 4) is 5.75 Å². The van der Waals surface area contributed by atoms with Gasteiger partial charge in [-0.15, -0.1) is 11.3 Å². The van der Waals surface area contributed by atoms with Crippen LogP contribution in [0.1, 0.15) is 10.6 Å². The molecule has 0 unspecified atom stereocenters. The highest BCUT2D eigenvalue weighted by molar-refractivity contribution is 7.09. The Morgan fingerprint density at radius 1 is 1.15 bits per heavy atom. The lowest BCUT2D eigenvalue weighted by Gasteiger charge is -2.12. The van der Waals surface area contributed by atoms with Crippen LogP contribution in [0.25, 0.3) is 10.8 Å². The smallest absolute Gasteiger partial charge is 0.123 e. The standard InChI is InChI=1S/C16H16N2OS/c1-19-15-7-6-12-4-2-3-5-13(12)14(15)10-17-11-16-18-8-9-20-16/h2-9,17H,10-11H2,1H3. The van der Waals surface area contributed by atoms with Gasteiger partial charge in [0.15, 0.2) is 0 Å². The zero-order valence-electron chi connectivity index (χ0n) is 11.3. The van der Waals surface area contributed by atoms with Crippen LogP contribution in [-0.4, -0.2) is 12.1 Å². The van der Waals surface area contributed by atoms with E-state index in [0.717, 1.165) is 23.8 Å². The summed E-state index contributed by atoms with van der Waals surface area (Å²) in [6, 6.07) is 12.5. The van der Waals surface area contributed by atoms with Crippen LogP contribution >= 0.6 is 11.3 Å². The Kier molecular flexibility index (Phi) is 3.95. The normalized spacial score (nSPS) is 10.8. The molecule has 2 aromatic carbocycles. The molecule has 1 aromatic heterocycles. The maximum atomic E-state index is 5.49. The maximum absolute atomic E-state index is 5.49. The molecule has 0 aliphatic carbocycles. The minimum atomic E-state index is 0.768. The van der Waals surface area contributed by atoms with Gasteiger partial charge in [-0.1, -0.05) is 30.3 Å². The second-order valence-electron chi connectivity index (χ2n) is 4.50. The van der Waals surface area contributed by atoms with E-state index in [1.165, 1.54) is 16.3 Å². The van der Waals surface area contributed by atoms with Crippen LogP contribution in [-0.2, 0) is 13.1 Å². The summed E-state index contributed by atoms with van der Waals surface area (Å²) < 4.78 is 5.49. The monoisotopic (exact) mass is 284 g/mol. The molecule has 0 bridgehead atoms. The highest BCUT2D eigenvalue weighted by atomic mass is 32.1. The van der Waals surface area contributed by atoms with Gasteiger partial charge in [-0.3, -0.25) is 0 Å². The van der Waals surface area contributed by atoms with Gasteiger partial charge >= 0.3 is 0 Å². The van der Waals surface area contributed by atoms with Crippen LogP contribution in [0.5, 0.6) is 5.75 Å². The number of fused-ring (bicyclic) bond motifs is 1. The third-order valence-electron chi connectivity index (χ3n) is 3.28. The first-order valence-corrected chi connectivity index (χ1v) is 7.40. The van der Waals surface area contributed by atoms with E-state index in [-0.39, 0.29) is 0 Å². The molecule has 0 saturated heterocycles. The molecule has 0 aliphatic rings. The van der Waals surface area contributed by atoms with E-state index in [1.807, 2.05) is 17.6 Å². The Balaban J connectivity index is 1.85. The number of ether oxygens (including phenoxy) is 1. The molecule has 0 amide bonds. The van der Waals surface area contributed by atoms with E-state index in [9.17, 15) is 0 Å². The van der Waals surface area contributed by atoms with E-state index in [2.05, 4.69) is 40.6 Å². The SMILES string of the molecule is COc1ccc2ccccc2c1CNCc1nccs1. The largest absolute Gasteiger partial charge is 0.496 e. The summed E-state index contributed by atoms with van der Waals surface area (Å²) >= 11 is 1.67. The fraction of sp³-hybridized carbons (Fsp3) is 0.188. The van der Waals surface area contributed by atoms with Crippen LogP contribution in [0.2, 0.25) is 0 Å². The lowest BCUT2D eigenvalue weighted by Crippen LogP contribution is -2.13. The quantitative estimate of drug-likeness (QED) is 0.777. The fourth-order valence-electron chi connectivity index (χ4n) is 2.32. The molecular formula is C16H16N2OS. The van der Waals surface area contributed by atoms with Crippen molar-refractivity contribution in [2.45, 2.75) is 13.1 Å². The molecule has 1 heterocycles. The number of hydrogen-bond acceptors (Lipinski definition) is 4. The van der Waals surface area contributed by atoms with Crippen LogP contribution in [0.3, 0.4) is 0 Å². The molecule has 0 aliphatic heterocycles. The van der Waals surface area contributed by atoms with Crippen molar-refractivity contribution < 1.29 is 4.74 Å². The first kappa shape index (κ1) is 13.1.